The summed E-state index contributed by atoms with van der Waals surface area (Å²) in [6, 6.07) is 14.7. The molecule has 25 heavy (non-hydrogen) atoms. The van der Waals surface area contributed by atoms with Crippen LogP contribution in [0.15, 0.2) is 48.5 Å². The number of methoxy groups -OCH3 is 1. The van der Waals surface area contributed by atoms with Gasteiger partial charge in [-0.15, -0.1) is 0 Å². The number of ether oxygens (including phenoxy) is 3. The number of hydrogen-bond acceptors (Lipinski definition) is 5. The first kappa shape index (κ1) is 18.6. The molecule has 0 unspecified atom stereocenters. The van der Waals surface area contributed by atoms with Crippen LogP contribution in [-0.2, 0) is 9.53 Å². The van der Waals surface area contributed by atoms with E-state index >= 15 is 0 Å². The van der Waals surface area contributed by atoms with E-state index in [1.807, 2.05) is 49.4 Å². The molecule has 0 radical (unpaired) electrons. The molecule has 0 aliphatic heterocycles. The van der Waals surface area contributed by atoms with Gasteiger partial charge in [0.2, 0.25) is 5.91 Å². The number of para-hydroxylation sites is 2. The van der Waals surface area contributed by atoms with Crippen LogP contribution in [0.25, 0.3) is 0 Å². The summed E-state index contributed by atoms with van der Waals surface area (Å²) in [6.07, 6.45) is 0. The fourth-order valence-electron chi connectivity index (χ4n) is 2.14. The zero-order valence-corrected chi connectivity index (χ0v) is 14.6. The molecule has 134 valence electrons. The second kappa shape index (κ2) is 10.2. The van der Waals surface area contributed by atoms with Gasteiger partial charge in [-0.05, 0) is 43.3 Å². The Morgan fingerprint density at radius 3 is 2.52 bits per heavy atom. The minimum atomic E-state index is -0.156. The number of anilines is 2. The van der Waals surface area contributed by atoms with Crippen LogP contribution in [-0.4, -0.2) is 39.4 Å². The Bertz CT molecular complexity index is 659. The summed E-state index contributed by atoms with van der Waals surface area (Å²) in [4.78, 5) is 12.2. The molecule has 0 atom stereocenters. The SMILES string of the molecule is CCOCCOc1ccccc1NC(=O)CNc1ccc(OC)cc1. The van der Waals surface area contributed by atoms with Gasteiger partial charge in [0, 0.05) is 12.3 Å². The molecule has 6 nitrogen and oxygen atoms in total. The topological polar surface area (TPSA) is 68.8 Å². The van der Waals surface area contributed by atoms with Crippen LogP contribution in [0.5, 0.6) is 11.5 Å². The van der Waals surface area contributed by atoms with Crippen molar-refractivity contribution in [3.8, 4) is 11.5 Å². The number of hydrogen-bond donors (Lipinski definition) is 2. The number of benzene rings is 2. The Morgan fingerprint density at radius 1 is 1.04 bits per heavy atom. The van der Waals surface area contributed by atoms with Crippen LogP contribution in [0.1, 0.15) is 6.92 Å². The van der Waals surface area contributed by atoms with Crippen LogP contribution < -0.4 is 20.1 Å². The third-order valence-corrected chi connectivity index (χ3v) is 3.39. The number of rotatable bonds is 10. The van der Waals surface area contributed by atoms with Gasteiger partial charge in [0.25, 0.3) is 0 Å². The van der Waals surface area contributed by atoms with Crippen molar-refractivity contribution < 1.29 is 19.0 Å². The number of carbonyl (C=O) groups is 1. The van der Waals surface area contributed by atoms with Crippen molar-refractivity contribution in [2.24, 2.45) is 0 Å². The second-order valence-corrected chi connectivity index (χ2v) is 5.17. The first-order valence-corrected chi connectivity index (χ1v) is 8.20. The second-order valence-electron chi connectivity index (χ2n) is 5.17. The van der Waals surface area contributed by atoms with Gasteiger partial charge in [-0.1, -0.05) is 12.1 Å². The van der Waals surface area contributed by atoms with Crippen molar-refractivity contribution in [1.82, 2.24) is 0 Å². The third-order valence-electron chi connectivity index (χ3n) is 3.39. The normalized spacial score (nSPS) is 10.2. The maximum atomic E-state index is 12.2. The van der Waals surface area contributed by atoms with E-state index in [9.17, 15) is 4.79 Å². The molecule has 6 heteroatoms. The van der Waals surface area contributed by atoms with Gasteiger partial charge in [-0.2, -0.15) is 0 Å². The van der Waals surface area contributed by atoms with Crippen LogP contribution >= 0.6 is 0 Å². The molecule has 0 aliphatic carbocycles. The summed E-state index contributed by atoms with van der Waals surface area (Å²) in [5.74, 6) is 1.24. The van der Waals surface area contributed by atoms with E-state index in [1.165, 1.54) is 0 Å². The Morgan fingerprint density at radius 2 is 1.80 bits per heavy atom. The summed E-state index contributed by atoms with van der Waals surface area (Å²) in [5.41, 5.74) is 1.48. The highest BCUT2D eigenvalue weighted by molar-refractivity contribution is 5.95. The Balaban J connectivity index is 1.84. The molecule has 2 aromatic rings. The lowest BCUT2D eigenvalue weighted by Crippen LogP contribution is -2.22. The lowest BCUT2D eigenvalue weighted by Gasteiger charge is -2.13. The van der Waals surface area contributed by atoms with Crippen molar-refractivity contribution in [2.75, 3.05) is 44.1 Å². The van der Waals surface area contributed by atoms with E-state index in [4.69, 9.17) is 14.2 Å². The smallest absolute Gasteiger partial charge is 0.243 e. The van der Waals surface area contributed by atoms with Crippen molar-refractivity contribution >= 4 is 17.3 Å². The van der Waals surface area contributed by atoms with E-state index in [1.54, 1.807) is 13.2 Å². The zero-order valence-electron chi connectivity index (χ0n) is 14.6. The van der Waals surface area contributed by atoms with E-state index in [0.29, 0.717) is 31.3 Å². The quantitative estimate of drug-likeness (QED) is 0.648. The fraction of sp³-hybridized carbons (Fsp3) is 0.316. The first-order valence-electron chi connectivity index (χ1n) is 8.20. The molecular weight excluding hydrogens is 320 g/mol. The Kier molecular flexibility index (Phi) is 7.59. The average Bonchev–Trinajstić information content (AvgIpc) is 2.65. The maximum Gasteiger partial charge on any atom is 0.243 e. The molecule has 0 aromatic heterocycles. The van der Waals surface area contributed by atoms with Gasteiger partial charge in [0.1, 0.15) is 18.1 Å². The lowest BCUT2D eigenvalue weighted by atomic mass is 10.3. The van der Waals surface area contributed by atoms with Gasteiger partial charge in [0.05, 0.1) is 25.9 Å². The van der Waals surface area contributed by atoms with E-state index < -0.39 is 0 Å². The van der Waals surface area contributed by atoms with Crippen LogP contribution in [0.2, 0.25) is 0 Å². The first-order chi connectivity index (χ1) is 12.2. The molecule has 1 amide bonds. The zero-order chi connectivity index (χ0) is 17.9. The summed E-state index contributed by atoms with van der Waals surface area (Å²) in [6.45, 7) is 3.69. The van der Waals surface area contributed by atoms with E-state index in [0.717, 1.165) is 11.4 Å². The largest absolute Gasteiger partial charge is 0.497 e. The van der Waals surface area contributed by atoms with Crippen molar-refractivity contribution in [3.05, 3.63) is 48.5 Å². The van der Waals surface area contributed by atoms with Gasteiger partial charge >= 0.3 is 0 Å². The maximum absolute atomic E-state index is 12.2. The van der Waals surface area contributed by atoms with Gasteiger partial charge in [-0.3, -0.25) is 4.79 Å². The molecule has 2 aromatic carbocycles. The highest BCUT2D eigenvalue weighted by atomic mass is 16.5. The molecule has 0 fully saturated rings. The van der Waals surface area contributed by atoms with Gasteiger partial charge < -0.3 is 24.8 Å². The standard InChI is InChI=1S/C19H24N2O4/c1-3-24-12-13-25-18-7-5-4-6-17(18)21-19(22)14-20-15-8-10-16(23-2)11-9-15/h4-11,20H,3,12-14H2,1-2H3,(H,21,22). The summed E-state index contributed by atoms with van der Waals surface area (Å²) >= 11 is 0. The van der Waals surface area contributed by atoms with E-state index in [-0.39, 0.29) is 12.5 Å². The summed E-state index contributed by atoms with van der Waals surface area (Å²) in [7, 11) is 1.61. The molecule has 0 spiro atoms. The van der Waals surface area contributed by atoms with Crippen molar-refractivity contribution in [3.63, 3.8) is 0 Å². The van der Waals surface area contributed by atoms with Crippen LogP contribution in [0, 0.1) is 0 Å². The van der Waals surface area contributed by atoms with Gasteiger partial charge in [0.15, 0.2) is 0 Å². The molecule has 2 rings (SSSR count). The van der Waals surface area contributed by atoms with Crippen LogP contribution in [0.4, 0.5) is 11.4 Å². The summed E-state index contributed by atoms with van der Waals surface area (Å²) in [5, 5.41) is 5.92. The molecule has 0 bridgehead atoms. The lowest BCUT2D eigenvalue weighted by molar-refractivity contribution is -0.114. The number of amides is 1. The monoisotopic (exact) mass is 344 g/mol. The molecule has 0 saturated heterocycles. The molecule has 0 aliphatic rings. The number of nitrogens with one attached hydrogen (secondary N) is 2. The Labute approximate surface area is 148 Å². The highest BCUT2D eigenvalue weighted by Crippen LogP contribution is 2.23. The fourth-order valence-corrected chi connectivity index (χ4v) is 2.14. The van der Waals surface area contributed by atoms with E-state index in [2.05, 4.69) is 10.6 Å². The number of carbonyl (C=O) groups excluding carboxylic acids is 1. The van der Waals surface area contributed by atoms with Crippen molar-refractivity contribution in [2.45, 2.75) is 6.92 Å². The minimum absolute atomic E-state index is 0.152. The third kappa shape index (κ3) is 6.35. The minimum Gasteiger partial charge on any atom is -0.497 e. The average molecular weight is 344 g/mol. The molecule has 0 heterocycles. The Hall–Kier alpha value is -2.73. The predicted octanol–water partition coefficient (Wildman–Crippen LogP) is 3.16. The highest BCUT2D eigenvalue weighted by Gasteiger charge is 2.07. The van der Waals surface area contributed by atoms with Crippen LogP contribution in [0.3, 0.4) is 0 Å². The molecule has 2 N–H and O–H groups in total. The molecule has 0 saturated carbocycles. The van der Waals surface area contributed by atoms with Crippen molar-refractivity contribution in [1.29, 1.82) is 0 Å². The predicted molar refractivity (Wildman–Crippen MR) is 98.5 cm³/mol. The summed E-state index contributed by atoms with van der Waals surface area (Å²) < 4.78 is 16.0. The molecular formula is C19H24N2O4. The van der Waals surface area contributed by atoms with Gasteiger partial charge in [-0.25, -0.2) is 0 Å².